The first-order chi connectivity index (χ1) is 23.4. The van der Waals surface area contributed by atoms with Crippen molar-refractivity contribution in [1.29, 1.82) is 0 Å². The van der Waals surface area contributed by atoms with Gasteiger partial charge in [-0.2, -0.15) is 11.8 Å². The van der Waals surface area contributed by atoms with Gasteiger partial charge in [-0.05, 0) is 59.6 Å². The average Bonchev–Trinajstić information content (AvgIpc) is 3.37. The number of hydrogen-bond acceptors (Lipinski definition) is 8. The van der Waals surface area contributed by atoms with Gasteiger partial charge < -0.3 is 42.0 Å². The van der Waals surface area contributed by atoms with Gasteiger partial charge in [-0.1, -0.05) is 62.4 Å². The van der Waals surface area contributed by atoms with Crippen LogP contribution in [0.15, 0.2) is 48.5 Å². The summed E-state index contributed by atoms with van der Waals surface area (Å²) in [5.41, 5.74) is 9.27. The van der Waals surface area contributed by atoms with Crippen LogP contribution in [0.2, 0.25) is 0 Å². The van der Waals surface area contributed by atoms with Gasteiger partial charge in [-0.25, -0.2) is 19.2 Å². The molecule has 14 nitrogen and oxygen atoms in total. The molecule has 2 aromatic carbocycles. The molecule has 5 amide bonds. The molecule has 0 heterocycles. The molecule has 3 atom stereocenters. The molecule has 1 aliphatic rings. The molecule has 0 unspecified atom stereocenters. The number of unbranched alkanes of at least 4 members (excludes halogenated alkanes) is 1. The van der Waals surface area contributed by atoms with Crippen molar-refractivity contribution in [2.75, 3.05) is 24.7 Å². The Kier molecular flexibility index (Phi) is 15.2. The van der Waals surface area contributed by atoms with Crippen molar-refractivity contribution in [3.63, 3.8) is 0 Å². The van der Waals surface area contributed by atoms with Gasteiger partial charge in [0, 0.05) is 24.6 Å². The maximum Gasteiger partial charge on any atom is 0.407 e. The third kappa shape index (κ3) is 12.0. The van der Waals surface area contributed by atoms with Gasteiger partial charge in [0.05, 0.1) is 0 Å². The lowest BCUT2D eigenvalue weighted by atomic mass is 9.98. The SMILES string of the molecule is CC(C)[C@H](NC(=O)CCCCSC[C@H](NC(=O)OCC1c2ccccc2-c2ccccc21)C(=O)O)C(=O)N[C@@H](CCCNC(N)=O)C(=O)O. The number of rotatable bonds is 20. The molecular weight excluding hydrogens is 654 g/mol. The predicted molar refractivity (Wildman–Crippen MR) is 184 cm³/mol. The van der Waals surface area contributed by atoms with E-state index >= 15 is 0 Å². The van der Waals surface area contributed by atoms with Crippen LogP contribution in [-0.2, 0) is 23.9 Å². The third-order valence-corrected chi connectivity index (χ3v) is 9.16. The van der Waals surface area contributed by atoms with E-state index in [0.717, 1.165) is 22.3 Å². The number of nitrogens with two attached hydrogens (primary N) is 1. The zero-order valence-corrected chi connectivity index (χ0v) is 28.4. The van der Waals surface area contributed by atoms with Crippen molar-refractivity contribution in [2.24, 2.45) is 11.7 Å². The molecule has 0 spiro atoms. The van der Waals surface area contributed by atoms with Gasteiger partial charge in [0.25, 0.3) is 0 Å². The first-order valence-electron chi connectivity index (χ1n) is 16.2. The Morgan fingerprint density at radius 3 is 2.02 bits per heavy atom. The molecule has 0 aromatic heterocycles. The molecule has 0 saturated heterocycles. The molecule has 0 saturated carbocycles. The number of carboxylic acid groups (broad SMARTS) is 2. The van der Waals surface area contributed by atoms with Crippen LogP contribution in [0.4, 0.5) is 9.59 Å². The Morgan fingerprint density at radius 1 is 0.837 bits per heavy atom. The maximum atomic E-state index is 12.8. The summed E-state index contributed by atoms with van der Waals surface area (Å²) in [5.74, 6) is -3.27. The zero-order chi connectivity index (χ0) is 35.9. The number of thioether (sulfide) groups is 1. The van der Waals surface area contributed by atoms with Crippen LogP contribution < -0.4 is 27.0 Å². The second-order valence-corrected chi connectivity index (χ2v) is 13.2. The van der Waals surface area contributed by atoms with E-state index in [1.165, 1.54) is 11.8 Å². The Labute approximate surface area is 289 Å². The first kappa shape index (κ1) is 38.7. The number of aliphatic carboxylic acids is 2. The zero-order valence-electron chi connectivity index (χ0n) is 27.6. The molecule has 3 rings (SSSR count). The monoisotopic (exact) mass is 699 g/mol. The highest BCUT2D eigenvalue weighted by molar-refractivity contribution is 7.99. The summed E-state index contributed by atoms with van der Waals surface area (Å²) in [6, 6.07) is 11.8. The molecule has 49 heavy (non-hydrogen) atoms. The van der Waals surface area contributed by atoms with Crippen molar-refractivity contribution >= 4 is 47.6 Å². The van der Waals surface area contributed by atoms with E-state index in [2.05, 4.69) is 21.3 Å². The molecule has 2 aromatic rings. The van der Waals surface area contributed by atoms with Crippen LogP contribution in [0.25, 0.3) is 11.1 Å². The normalized spacial score (nSPS) is 13.7. The third-order valence-electron chi connectivity index (χ3n) is 8.01. The van der Waals surface area contributed by atoms with E-state index in [1.807, 2.05) is 48.5 Å². The minimum absolute atomic E-state index is 0.0573. The fraction of sp³-hybridized carbons (Fsp3) is 0.471. The molecule has 0 bridgehead atoms. The van der Waals surface area contributed by atoms with Gasteiger partial charge in [0.1, 0.15) is 24.7 Å². The number of carbonyl (C=O) groups excluding carboxylic acids is 4. The quantitative estimate of drug-likeness (QED) is 0.100. The number of hydrogen-bond donors (Lipinski definition) is 7. The Morgan fingerprint density at radius 2 is 1.45 bits per heavy atom. The van der Waals surface area contributed by atoms with Crippen molar-refractivity contribution < 1.29 is 43.7 Å². The number of fused-ring (bicyclic) bond motifs is 3. The van der Waals surface area contributed by atoms with Crippen LogP contribution in [0, 0.1) is 5.92 Å². The molecule has 15 heteroatoms. The largest absolute Gasteiger partial charge is 0.480 e. The van der Waals surface area contributed by atoms with E-state index in [0.29, 0.717) is 18.6 Å². The number of amides is 5. The second kappa shape index (κ2) is 19.3. The number of benzene rings is 2. The predicted octanol–water partition coefficient (Wildman–Crippen LogP) is 3.04. The van der Waals surface area contributed by atoms with Crippen molar-refractivity contribution in [3.05, 3.63) is 59.7 Å². The number of nitrogens with one attached hydrogen (secondary N) is 4. The smallest absolute Gasteiger partial charge is 0.407 e. The van der Waals surface area contributed by atoms with Crippen molar-refractivity contribution in [1.82, 2.24) is 21.3 Å². The van der Waals surface area contributed by atoms with E-state index < -0.39 is 48.1 Å². The van der Waals surface area contributed by atoms with Gasteiger partial charge in [-0.3, -0.25) is 9.59 Å². The summed E-state index contributed by atoms with van der Waals surface area (Å²) >= 11 is 1.32. The summed E-state index contributed by atoms with van der Waals surface area (Å²) in [5, 5.41) is 29.0. The minimum Gasteiger partial charge on any atom is -0.480 e. The highest BCUT2D eigenvalue weighted by Gasteiger charge is 2.30. The van der Waals surface area contributed by atoms with E-state index in [9.17, 15) is 39.0 Å². The lowest BCUT2D eigenvalue weighted by Gasteiger charge is -2.24. The van der Waals surface area contributed by atoms with Crippen LogP contribution in [-0.4, -0.2) is 88.9 Å². The Balaban J connectivity index is 1.37. The van der Waals surface area contributed by atoms with E-state index in [-0.39, 0.29) is 55.9 Å². The maximum absolute atomic E-state index is 12.8. The molecule has 0 fully saturated rings. The Hall–Kier alpha value is -4.79. The van der Waals surface area contributed by atoms with Gasteiger partial charge in [0.2, 0.25) is 11.8 Å². The standard InChI is InChI=1S/C34H45N5O9S/c1-20(2)29(30(41)37-26(31(42)43)14-9-16-36-33(35)46)39-28(40)15-7-8-17-49-19-27(32(44)45)38-34(47)48-18-25-23-12-5-3-10-21(23)22-11-4-6-13-24(22)25/h3-6,10-13,20,25-27,29H,7-9,14-19H2,1-2H3,(H,37,41)(H,38,47)(H,39,40)(H,42,43)(H,44,45)(H3,35,36,46)/t26-,27-,29-/m0/s1. The van der Waals surface area contributed by atoms with Gasteiger partial charge >= 0.3 is 24.1 Å². The summed E-state index contributed by atoms with van der Waals surface area (Å²) in [6.45, 7) is 3.67. The van der Waals surface area contributed by atoms with Crippen LogP contribution >= 0.6 is 11.8 Å². The number of alkyl carbamates (subject to hydrolysis) is 1. The molecular formula is C34H45N5O9S. The first-order valence-corrected chi connectivity index (χ1v) is 17.3. The van der Waals surface area contributed by atoms with Gasteiger partial charge in [0.15, 0.2) is 0 Å². The van der Waals surface area contributed by atoms with Crippen molar-refractivity contribution in [2.45, 2.75) is 70.0 Å². The van der Waals surface area contributed by atoms with Crippen molar-refractivity contribution in [3.8, 4) is 11.1 Å². The molecule has 0 aliphatic heterocycles. The lowest BCUT2D eigenvalue weighted by Crippen LogP contribution is -2.53. The molecule has 0 radical (unpaired) electrons. The molecule has 1 aliphatic carbocycles. The number of carboxylic acids is 2. The number of ether oxygens (including phenoxy) is 1. The van der Waals surface area contributed by atoms with Crippen LogP contribution in [0.1, 0.15) is 63.0 Å². The molecule has 8 N–H and O–H groups in total. The number of urea groups is 1. The number of carbonyl (C=O) groups is 6. The average molecular weight is 700 g/mol. The van der Waals surface area contributed by atoms with Crippen LogP contribution in [0.3, 0.4) is 0 Å². The summed E-state index contributed by atoms with van der Waals surface area (Å²) < 4.78 is 5.48. The second-order valence-electron chi connectivity index (χ2n) is 12.0. The fourth-order valence-electron chi connectivity index (χ4n) is 5.47. The summed E-state index contributed by atoms with van der Waals surface area (Å²) in [4.78, 5) is 72.2. The highest BCUT2D eigenvalue weighted by atomic mass is 32.2. The summed E-state index contributed by atoms with van der Waals surface area (Å²) in [6.07, 6.45) is 0.669. The topological polar surface area (TPSA) is 226 Å². The fourth-order valence-corrected chi connectivity index (χ4v) is 6.50. The molecule has 266 valence electrons. The minimum atomic E-state index is -1.24. The highest BCUT2D eigenvalue weighted by Crippen LogP contribution is 2.44. The Bertz CT molecular complexity index is 1440. The van der Waals surface area contributed by atoms with Crippen LogP contribution in [0.5, 0.6) is 0 Å². The van der Waals surface area contributed by atoms with Gasteiger partial charge in [-0.15, -0.1) is 0 Å². The number of primary amides is 1. The van der Waals surface area contributed by atoms with E-state index in [1.54, 1.807) is 13.8 Å². The van der Waals surface area contributed by atoms with E-state index in [4.69, 9.17) is 10.5 Å². The summed E-state index contributed by atoms with van der Waals surface area (Å²) in [7, 11) is 0. The lowest BCUT2D eigenvalue weighted by molar-refractivity contribution is -0.142.